The zero-order chi connectivity index (χ0) is 15.7. The SMILES string of the molecule is Cn1c(N)c(C#N)c2c(c1=S)CN(Cc1ccccc1)CC2. The number of nitrogens with zero attached hydrogens (tertiary/aromatic N) is 3. The minimum atomic E-state index is 0.475. The molecule has 2 aromatic rings. The van der Waals surface area contributed by atoms with Crippen LogP contribution in [-0.4, -0.2) is 16.0 Å². The number of rotatable bonds is 2. The molecule has 0 amide bonds. The third-order valence-corrected chi connectivity index (χ3v) is 4.79. The minimum absolute atomic E-state index is 0.475. The maximum atomic E-state index is 9.40. The molecule has 0 unspecified atom stereocenters. The number of aromatic nitrogens is 1. The van der Waals surface area contributed by atoms with Crippen LogP contribution in [0.3, 0.4) is 0 Å². The van der Waals surface area contributed by atoms with Crippen LogP contribution < -0.4 is 5.73 Å². The number of benzene rings is 1. The van der Waals surface area contributed by atoms with Gasteiger partial charge in [-0.25, -0.2) is 0 Å². The molecule has 1 aliphatic rings. The molecule has 5 heteroatoms. The summed E-state index contributed by atoms with van der Waals surface area (Å²) in [6, 6.07) is 12.6. The molecule has 2 heterocycles. The van der Waals surface area contributed by atoms with E-state index in [0.717, 1.165) is 41.8 Å². The van der Waals surface area contributed by atoms with Gasteiger partial charge in [-0.3, -0.25) is 4.90 Å². The number of nitrogen functional groups attached to an aromatic ring is 1. The molecule has 0 saturated heterocycles. The van der Waals surface area contributed by atoms with Crippen LogP contribution in [0.5, 0.6) is 0 Å². The first kappa shape index (κ1) is 14.8. The number of anilines is 1. The Labute approximate surface area is 135 Å². The predicted octanol–water partition coefficient (Wildman–Crippen LogP) is 2.77. The fourth-order valence-electron chi connectivity index (χ4n) is 3.03. The van der Waals surface area contributed by atoms with Gasteiger partial charge in [0.2, 0.25) is 0 Å². The van der Waals surface area contributed by atoms with Gasteiger partial charge in [0.25, 0.3) is 0 Å². The highest BCUT2D eigenvalue weighted by molar-refractivity contribution is 7.71. The molecule has 112 valence electrons. The second-order valence-electron chi connectivity index (χ2n) is 5.64. The molecule has 1 aliphatic heterocycles. The van der Waals surface area contributed by atoms with Crippen LogP contribution in [0.25, 0.3) is 0 Å². The summed E-state index contributed by atoms with van der Waals surface area (Å²) in [6.07, 6.45) is 0.819. The first-order valence-electron chi connectivity index (χ1n) is 7.28. The van der Waals surface area contributed by atoms with E-state index in [2.05, 4.69) is 35.2 Å². The smallest absolute Gasteiger partial charge is 0.122 e. The zero-order valence-corrected chi connectivity index (χ0v) is 13.4. The lowest BCUT2D eigenvalue weighted by molar-refractivity contribution is 0.244. The molecule has 0 saturated carbocycles. The average Bonchev–Trinajstić information content (AvgIpc) is 2.55. The molecule has 1 aromatic carbocycles. The van der Waals surface area contributed by atoms with Crippen LogP contribution in [0.4, 0.5) is 5.82 Å². The van der Waals surface area contributed by atoms with E-state index in [0.29, 0.717) is 11.4 Å². The van der Waals surface area contributed by atoms with E-state index in [-0.39, 0.29) is 0 Å². The number of hydrogen-bond donors (Lipinski definition) is 1. The van der Waals surface area contributed by atoms with Crippen LogP contribution in [0.1, 0.15) is 22.3 Å². The van der Waals surface area contributed by atoms with E-state index in [9.17, 15) is 5.26 Å². The molecule has 2 N–H and O–H groups in total. The van der Waals surface area contributed by atoms with E-state index in [4.69, 9.17) is 18.0 Å². The highest BCUT2D eigenvalue weighted by Crippen LogP contribution is 2.28. The van der Waals surface area contributed by atoms with Crippen molar-refractivity contribution in [1.29, 1.82) is 5.26 Å². The molecule has 0 aliphatic carbocycles. The van der Waals surface area contributed by atoms with E-state index in [1.54, 1.807) is 4.57 Å². The topological polar surface area (TPSA) is 58.0 Å². The van der Waals surface area contributed by atoms with Crippen LogP contribution in [0.2, 0.25) is 0 Å². The second-order valence-corrected chi connectivity index (χ2v) is 6.03. The minimum Gasteiger partial charge on any atom is -0.384 e. The fourth-order valence-corrected chi connectivity index (χ4v) is 3.31. The highest BCUT2D eigenvalue weighted by Gasteiger charge is 2.23. The predicted molar refractivity (Wildman–Crippen MR) is 89.6 cm³/mol. The van der Waals surface area contributed by atoms with Gasteiger partial charge in [-0.05, 0) is 17.5 Å². The van der Waals surface area contributed by atoms with Gasteiger partial charge in [-0.2, -0.15) is 5.26 Å². The molecule has 0 radical (unpaired) electrons. The molecular formula is C17H18N4S. The normalized spacial score (nSPS) is 14.4. The maximum absolute atomic E-state index is 9.40. The Hall–Kier alpha value is -2.16. The number of fused-ring (bicyclic) bond motifs is 1. The summed E-state index contributed by atoms with van der Waals surface area (Å²) < 4.78 is 2.49. The highest BCUT2D eigenvalue weighted by atomic mass is 32.1. The lowest BCUT2D eigenvalue weighted by atomic mass is 9.96. The Bertz CT molecular complexity index is 802. The first-order chi connectivity index (χ1) is 10.6. The summed E-state index contributed by atoms with van der Waals surface area (Å²) in [7, 11) is 1.83. The summed E-state index contributed by atoms with van der Waals surface area (Å²) >= 11 is 5.54. The van der Waals surface area contributed by atoms with Crippen molar-refractivity contribution in [2.75, 3.05) is 12.3 Å². The summed E-state index contributed by atoms with van der Waals surface area (Å²) in [5.74, 6) is 0.475. The van der Waals surface area contributed by atoms with Crippen molar-refractivity contribution >= 4 is 18.0 Å². The van der Waals surface area contributed by atoms with Crippen molar-refractivity contribution in [3.8, 4) is 6.07 Å². The van der Waals surface area contributed by atoms with Crippen molar-refractivity contribution in [2.24, 2.45) is 7.05 Å². The van der Waals surface area contributed by atoms with Gasteiger partial charge in [0.1, 0.15) is 16.5 Å². The van der Waals surface area contributed by atoms with E-state index < -0.39 is 0 Å². The third kappa shape index (κ3) is 2.52. The second kappa shape index (κ2) is 5.91. The van der Waals surface area contributed by atoms with Crippen molar-refractivity contribution in [2.45, 2.75) is 19.5 Å². The van der Waals surface area contributed by atoms with Crippen molar-refractivity contribution in [1.82, 2.24) is 9.47 Å². The number of pyridine rings is 1. The molecule has 1 aromatic heterocycles. The Balaban J connectivity index is 1.95. The summed E-state index contributed by atoms with van der Waals surface area (Å²) in [5, 5.41) is 9.40. The number of nitriles is 1. The Morgan fingerprint density at radius 3 is 2.68 bits per heavy atom. The Kier molecular flexibility index (Phi) is 3.97. The fraction of sp³-hybridized carbons (Fsp3) is 0.294. The van der Waals surface area contributed by atoms with Gasteiger partial charge in [0.05, 0.1) is 5.56 Å². The van der Waals surface area contributed by atoms with Gasteiger partial charge < -0.3 is 10.3 Å². The first-order valence-corrected chi connectivity index (χ1v) is 7.69. The van der Waals surface area contributed by atoms with Gasteiger partial charge in [0, 0.05) is 32.2 Å². The Morgan fingerprint density at radius 1 is 1.27 bits per heavy atom. The van der Waals surface area contributed by atoms with E-state index >= 15 is 0 Å². The van der Waals surface area contributed by atoms with Gasteiger partial charge in [-0.1, -0.05) is 42.5 Å². The molecule has 0 atom stereocenters. The lowest BCUT2D eigenvalue weighted by Gasteiger charge is -2.30. The zero-order valence-electron chi connectivity index (χ0n) is 12.5. The standard InChI is InChI=1S/C17H18N4S/c1-20-16(19)14(9-18)13-7-8-21(11-15(13)17(20)22)10-12-5-3-2-4-6-12/h2-6H,7-8,10-11,19H2,1H3. The van der Waals surface area contributed by atoms with Gasteiger partial charge >= 0.3 is 0 Å². The molecule has 3 rings (SSSR count). The quantitative estimate of drug-likeness (QED) is 0.867. The van der Waals surface area contributed by atoms with Crippen LogP contribution in [0, 0.1) is 16.0 Å². The van der Waals surface area contributed by atoms with Crippen LogP contribution in [0.15, 0.2) is 30.3 Å². The molecule has 0 fully saturated rings. The Morgan fingerprint density at radius 2 is 2.00 bits per heavy atom. The summed E-state index contributed by atoms with van der Waals surface area (Å²) in [4.78, 5) is 2.37. The largest absolute Gasteiger partial charge is 0.384 e. The van der Waals surface area contributed by atoms with E-state index in [1.165, 1.54) is 5.56 Å². The number of nitrogens with two attached hydrogens (primary N) is 1. The lowest BCUT2D eigenvalue weighted by Crippen LogP contribution is -2.32. The van der Waals surface area contributed by atoms with Gasteiger partial charge in [0.15, 0.2) is 0 Å². The van der Waals surface area contributed by atoms with Crippen molar-refractivity contribution in [3.05, 3.63) is 57.2 Å². The van der Waals surface area contributed by atoms with Gasteiger partial charge in [-0.15, -0.1) is 0 Å². The van der Waals surface area contributed by atoms with E-state index in [1.807, 2.05) is 13.1 Å². The average molecular weight is 310 g/mol. The molecule has 0 spiro atoms. The third-order valence-electron chi connectivity index (χ3n) is 4.27. The van der Waals surface area contributed by atoms with Crippen LogP contribution in [-0.2, 0) is 26.6 Å². The van der Waals surface area contributed by atoms with Crippen molar-refractivity contribution in [3.63, 3.8) is 0 Å². The molecule has 4 nitrogen and oxygen atoms in total. The number of hydrogen-bond acceptors (Lipinski definition) is 4. The van der Waals surface area contributed by atoms with Crippen molar-refractivity contribution < 1.29 is 0 Å². The monoisotopic (exact) mass is 310 g/mol. The van der Waals surface area contributed by atoms with Crippen LogP contribution >= 0.6 is 12.2 Å². The summed E-state index contributed by atoms with van der Waals surface area (Å²) in [5.41, 5.74) is 10.0. The summed E-state index contributed by atoms with van der Waals surface area (Å²) in [6.45, 7) is 2.58. The molecular weight excluding hydrogens is 292 g/mol. The molecule has 22 heavy (non-hydrogen) atoms. The maximum Gasteiger partial charge on any atom is 0.122 e. The molecule has 0 bridgehead atoms.